The molecule has 4 aromatic rings. The van der Waals surface area contributed by atoms with Crippen molar-refractivity contribution in [3.8, 4) is 28.3 Å². The Morgan fingerprint density at radius 1 is 1.00 bits per heavy atom. The van der Waals surface area contributed by atoms with Gasteiger partial charge in [-0.25, -0.2) is 9.48 Å². The molecule has 0 bridgehead atoms. The van der Waals surface area contributed by atoms with Crippen LogP contribution in [0.5, 0.6) is 5.75 Å². The minimum Gasteiger partial charge on any atom is -0.489 e. The number of aryl methyl sites for hydroxylation is 3. The molecule has 0 amide bonds. The molecule has 0 fully saturated rings. The first kappa shape index (κ1) is 25.3. The Morgan fingerprint density at radius 3 is 2.33 bits per heavy atom. The van der Waals surface area contributed by atoms with Crippen molar-refractivity contribution >= 4 is 10.0 Å². The van der Waals surface area contributed by atoms with Crippen molar-refractivity contribution in [3.63, 3.8) is 0 Å². The Labute approximate surface area is 213 Å². The van der Waals surface area contributed by atoms with E-state index in [1.165, 1.54) is 14.9 Å². The van der Waals surface area contributed by atoms with Gasteiger partial charge in [-0.3, -0.25) is 0 Å². The third-order valence-electron chi connectivity index (χ3n) is 6.02. The lowest BCUT2D eigenvalue weighted by atomic mass is 10.1. The van der Waals surface area contributed by atoms with Crippen molar-refractivity contribution in [2.24, 2.45) is 7.05 Å². The van der Waals surface area contributed by atoms with Crippen LogP contribution in [-0.4, -0.2) is 48.3 Å². The van der Waals surface area contributed by atoms with E-state index in [-0.39, 0.29) is 12.3 Å². The van der Waals surface area contributed by atoms with Crippen LogP contribution in [0, 0.1) is 38.9 Å². The fraction of sp³-hybridized carbons (Fsp3) is 0.333. The summed E-state index contributed by atoms with van der Waals surface area (Å²) in [5, 5.41) is 15.9. The maximum absolute atomic E-state index is 12.6. The van der Waals surface area contributed by atoms with Crippen LogP contribution in [0.1, 0.15) is 33.6 Å². The van der Waals surface area contributed by atoms with Crippen LogP contribution in [0.2, 0.25) is 0 Å². The predicted molar refractivity (Wildman–Crippen MR) is 146 cm³/mol. The zero-order chi connectivity index (χ0) is 26.2. The van der Waals surface area contributed by atoms with Crippen molar-refractivity contribution in [3.05, 3.63) is 80.5 Å². The van der Waals surface area contributed by atoms with Gasteiger partial charge >= 0.3 is 5.69 Å². The van der Waals surface area contributed by atoms with Crippen LogP contribution >= 0.6 is 10.0 Å². The molecular weight excluding hydrogens is 472 g/mol. The van der Waals surface area contributed by atoms with Crippen LogP contribution in [-0.2, 0) is 13.7 Å². The molecule has 0 unspecified atom stereocenters. The van der Waals surface area contributed by atoms with E-state index in [2.05, 4.69) is 65.4 Å². The number of hydrogen-bond acceptors (Lipinski definition) is 5. The van der Waals surface area contributed by atoms with Crippen LogP contribution in [0.25, 0.3) is 11.4 Å². The second-order valence-electron chi connectivity index (χ2n) is 9.61. The highest BCUT2D eigenvalue weighted by Gasteiger charge is 2.16. The van der Waals surface area contributed by atoms with Gasteiger partial charge in [-0.2, -0.15) is 24.5 Å². The molecule has 0 radical (unpaired) electrons. The molecule has 0 spiro atoms. The Hall–Kier alpha value is -3.77. The highest BCUT2D eigenvalue weighted by molar-refractivity contribution is 8.35. The molecule has 0 saturated carbocycles. The molecule has 0 N–H and O–H groups in total. The predicted octanol–water partition coefficient (Wildman–Crippen LogP) is 3.97. The minimum atomic E-state index is -1.04. The van der Waals surface area contributed by atoms with Gasteiger partial charge in [-0.1, -0.05) is 12.0 Å². The maximum Gasteiger partial charge on any atom is 0.368 e. The molecule has 2 aromatic carbocycles. The largest absolute Gasteiger partial charge is 0.489 e. The lowest BCUT2D eigenvalue weighted by Gasteiger charge is -2.17. The summed E-state index contributed by atoms with van der Waals surface area (Å²) in [6.07, 6.45) is 6.42. The number of ether oxygens (including phenoxy) is 1. The molecule has 36 heavy (non-hydrogen) atoms. The maximum atomic E-state index is 12.6. The molecular formula is C27H32N6O2S. The van der Waals surface area contributed by atoms with Gasteiger partial charge < -0.3 is 4.74 Å². The van der Waals surface area contributed by atoms with E-state index in [4.69, 9.17) is 4.74 Å². The quantitative estimate of drug-likeness (QED) is 0.384. The Kier molecular flexibility index (Phi) is 6.83. The topological polar surface area (TPSA) is 79.8 Å². The second kappa shape index (κ2) is 9.70. The first-order chi connectivity index (χ1) is 17.0. The van der Waals surface area contributed by atoms with E-state index in [0.29, 0.717) is 5.69 Å². The van der Waals surface area contributed by atoms with Gasteiger partial charge in [0.2, 0.25) is 0 Å². The summed E-state index contributed by atoms with van der Waals surface area (Å²) >= 11 is 0. The number of tetrazole rings is 1. The first-order valence-corrected chi connectivity index (χ1v) is 14.4. The number of rotatable bonds is 5. The van der Waals surface area contributed by atoms with Crippen LogP contribution < -0.4 is 10.4 Å². The molecule has 8 nitrogen and oxygen atoms in total. The monoisotopic (exact) mass is 504 g/mol. The van der Waals surface area contributed by atoms with Crippen LogP contribution in [0.4, 0.5) is 0 Å². The number of hydrogen-bond donors (Lipinski definition) is 0. The molecule has 0 aliphatic carbocycles. The molecule has 0 aliphatic rings. The van der Waals surface area contributed by atoms with E-state index < -0.39 is 10.0 Å². The molecule has 9 heteroatoms. The van der Waals surface area contributed by atoms with Crippen molar-refractivity contribution in [1.82, 2.24) is 29.6 Å². The highest BCUT2D eigenvalue weighted by Crippen LogP contribution is 2.33. The van der Waals surface area contributed by atoms with Crippen molar-refractivity contribution in [2.75, 3.05) is 18.8 Å². The molecule has 2 heterocycles. The van der Waals surface area contributed by atoms with Crippen LogP contribution in [0.15, 0.2) is 41.2 Å². The Bertz CT molecular complexity index is 1560. The van der Waals surface area contributed by atoms with Crippen LogP contribution in [0.3, 0.4) is 0 Å². The third-order valence-corrected chi connectivity index (χ3v) is 6.74. The van der Waals surface area contributed by atoms with E-state index in [9.17, 15) is 4.79 Å². The van der Waals surface area contributed by atoms with Gasteiger partial charge in [-0.05, 0) is 104 Å². The molecule has 188 valence electrons. The van der Waals surface area contributed by atoms with Gasteiger partial charge in [0.15, 0.2) is 0 Å². The lowest BCUT2D eigenvalue weighted by molar-refractivity contribution is 0.303. The molecule has 0 saturated heterocycles. The molecule has 0 aliphatic heterocycles. The highest BCUT2D eigenvalue weighted by atomic mass is 32.3. The average Bonchev–Trinajstić information content (AvgIpc) is 3.29. The van der Waals surface area contributed by atoms with E-state index >= 15 is 0 Å². The zero-order valence-electron chi connectivity index (χ0n) is 22.1. The van der Waals surface area contributed by atoms with Crippen molar-refractivity contribution in [2.45, 2.75) is 34.3 Å². The van der Waals surface area contributed by atoms with Gasteiger partial charge in [0.1, 0.15) is 12.4 Å². The number of aromatic nitrogens is 6. The molecule has 0 atom stereocenters. The summed E-state index contributed by atoms with van der Waals surface area (Å²) in [5.74, 6) is 4.06. The summed E-state index contributed by atoms with van der Waals surface area (Å²) in [6.45, 7) is 8.41. The van der Waals surface area contributed by atoms with Gasteiger partial charge in [0.05, 0.1) is 17.1 Å². The van der Waals surface area contributed by atoms with E-state index in [1.807, 2.05) is 48.9 Å². The summed E-state index contributed by atoms with van der Waals surface area (Å²) < 4.78 is 10.7. The van der Waals surface area contributed by atoms with Gasteiger partial charge in [0, 0.05) is 23.9 Å². The third kappa shape index (κ3) is 5.09. The summed E-state index contributed by atoms with van der Waals surface area (Å²) in [7, 11) is 0.532. The van der Waals surface area contributed by atoms with E-state index in [0.717, 1.165) is 39.5 Å². The fourth-order valence-corrected chi connectivity index (χ4v) is 4.18. The summed E-state index contributed by atoms with van der Waals surface area (Å²) in [5.41, 5.74) is 7.17. The lowest BCUT2D eigenvalue weighted by Crippen LogP contribution is -2.23. The van der Waals surface area contributed by atoms with Gasteiger partial charge in [-0.15, -0.1) is 0 Å². The van der Waals surface area contributed by atoms with E-state index in [1.54, 1.807) is 7.05 Å². The van der Waals surface area contributed by atoms with Crippen molar-refractivity contribution < 1.29 is 4.74 Å². The van der Waals surface area contributed by atoms with Crippen molar-refractivity contribution in [1.29, 1.82) is 0 Å². The SMILES string of the molecule is Cc1cc(-n2nc(C)c(C)c2C)ccc1OCc1c(C#CS(C)(C)C)cccc1-n1nnn(C)c1=O. The summed E-state index contributed by atoms with van der Waals surface area (Å²) in [6, 6.07) is 11.7. The summed E-state index contributed by atoms with van der Waals surface area (Å²) in [4.78, 5) is 12.6. The Morgan fingerprint density at radius 2 is 1.75 bits per heavy atom. The van der Waals surface area contributed by atoms with Gasteiger partial charge in [0.25, 0.3) is 0 Å². The Balaban J connectivity index is 1.71. The molecule has 2 aromatic heterocycles. The fourth-order valence-electron chi connectivity index (χ4n) is 3.76. The zero-order valence-corrected chi connectivity index (χ0v) is 22.9. The second-order valence-corrected chi connectivity index (χ2v) is 13.5. The average molecular weight is 505 g/mol. The number of nitrogens with zero attached hydrogens (tertiary/aromatic N) is 6. The first-order valence-electron chi connectivity index (χ1n) is 11.6. The minimum absolute atomic E-state index is 0.224. The molecule has 4 rings (SSSR count). The normalized spacial score (nSPS) is 11.8. The number of benzene rings is 2. The smallest absolute Gasteiger partial charge is 0.368 e. The standard InChI is InChI=1S/C27H32N6O2S/c1-18-16-23(32-21(4)19(2)20(3)28-32)12-13-26(18)35-17-24-22(14-15-36(6,7)8)10-9-11-25(24)33-27(34)31(5)29-30-33/h9-13,16H,17H2,1-8H3.